The van der Waals surface area contributed by atoms with Gasteiger partial charge in [0.15, 0.2) is 0 Å². The minimum absolute atomic E-state index is 0.0862. The van der Waals surface area contributed by atoms with Gasteiger partial charge in [-0.25, -0.2) is 4.98 Å². The first kappa shape index (κ1) is 19.2. The number of aromatic nitrogens is 1. The molecule has 0 radical (unpaired) electrons. The molecule has 1 heterocycles. The van der Waals surface area contributed by atoms with Crippen LogP contribution in [-0.2, 0) is 6.18 Å². The number of pyridine rings is 1. The van der Waals surface area contributed by atoms with Gasteiger partial charge in [-0.3, -0.25) is 0 Å². The summed E-state index contributed by atoms with van der Waals surface area (Å²) < 4.78 is 42.9. The zero-order valence-electron chi connectivity index (χ0n) is 13.5. The lowest BCUT2D eigenvalue weighted by atomic mass is 10.2. The number of ether oxygens (including phenoxy) is 1. The summed E-state index contributed by atoms with van der Waals surface area (Å²) in [6.45, 7) is 2.79. The topological polar surface area (TPSA) is 54.4 Å². The van der Waals surface area contributed by atoms with Crippen LogP contribution >= 0.6 is 11.6 Å². The maximum absolute atomic E-state index is 12.4. The van der Waals surface area contributed by atoms with Crippen LogP contribution in [0.3, 0.4) is 0 Å². The first-order chi connectivity index (χ1) is 11.8. The van der Waals surface area contributed by atoms with Crippen LogP contribution in [-0.4, -0.2) is 23.2 Å². The van der Waals surface area contributed by atoms with Gasteiger partial charge < -0.3 is 15.2 Å². The van der Waals surface area contributed by atoms with E-state index in [-0.39, 0.29) is 5.75 Å². The van der Waals surface area contributed by atoms with Crippen LogP contribution in [0.15, 0.2) is 30.5 Å². The van der Waals surface area contributed by atoms with Crippen LogP contribution in [0, 0.1) is 6.92 Å². The molecule has 1 aromatic carbocycles. The van der Waals surface area contributed by atoms with Crippen LogP contribution in [0.25, 0.3) is 0 Å². The highest BCUT2D eigenvalue weighted by Gasteiger charge is 2.30. The van der Waals surface area contributed by atoms with E-state index < -0.39 is 11.7 Å². The van der Waals surface area contributed by atoms with Gasteiger partial charge in [0, 0.05) is 18.8 Å². The summed E-state index contributed by atoms with van der Waals surface area (Å²) in [6, 6.07) is 5.29. The van der Waals surface area contributed by atoms with Crippen LogP contribution in [0.4, 0.5) is 19.0 Å². The molecule has 0 aliphatic rings. The summed E-state index contributed by atoms with van der Waals surface area (Å²) in [4.78, 5) is 3.74. The van der Waals surface area contributed by atoms with Crippen molar-refractivity contribution in [2.75, 3.05) is 18.5 Å². The highest BCUT2D eigenvalue weighted by Crippen LogP contribution is 2.32. The van der Waals surface area contributed by atoms with E-state index in [0.717, 1.165) is 30.7 Å². The number of phenolic OH excluding ortho intramolecular Hbond substituents is 1. The SMILES string of the molecule is Cc1cc(O)cc(Cl)c1OCCCCNc1ccc(C(F)(F)F)cn1. The fourth-order valence-corrected chi connectivity index (χ4v) is 2.49. The number of hydrogen-bond donors (Lipinski definition) is 2. The normalized spacial score (nSPS) is 11.4. The molecule has 0 saturated heterocycles. The predicted octanol–water partition coefficient (Wildman–Crippen LogP) is 5.04. The van der Waals surface area contributed by atoms with Crippen molar-refractivity contribution in [1.29, 1.82) is 0 Å². The molecule has 2 N–H and O–H groups in total. The molecule has 0 spiro atoms. The molecule has 0 amide bonds. The van der Waals surface area contributed by atoms with Gasteiger partial charge in [-0.15, -0.1) is 0 Å². The quantitative estimate of drug-likeness (QED) is 0.667. The number of halogens is 4. The number of alkyl halides is 3. The first-order valence-corrected chi connectivity index (χ1v) is 8.04. The Bertz CT molecular complexity index is 683. The van der Waals surface area contributed by atoms with E-state index in [2.05, 4.69) is 10.3 Å². The van der Waals surface area contributed by atoms with E-state index in [4.69, 9.17) is 16.3 Å². The van der Waals surface area contributed by atoms with Crippen molar-refractivity contribution >= 4 is 17.4 Å². The number of hydrogen-bond acceptors (Lipinski definition) is 4. The lowest BCUT2D eigenvalue weighted by molar-refractivity contribution is -0.137. The molecule has 2 rings (SSSR count). The van der Waals surface area contributed by atoms with E-state index in [9.17, 15) is 18.3 Å². The lowest BCUT2D eigenvalue weighted by Crippen LogP contribution is -2.08. The first-order valence-electron chi connectivity index (χ1n) is 7.66. The number of phenols is 1. The number of aromatic hydroxyl groups is 1. The van der Waals surface area contributed by atoms with Crippen molar-refractivity contribution < 1.29 is 23.0 Å². The number of nitrogens with zero attached hydrogens (tertiary/aromatic N) is 1. The van der Waals surface area contributed by atoms with Crippen molar-refractivity contribution in [2.45, 2.75) is 25.9 Å². The van der Waals surface area contributed by atoms with E-state index >= 15 is 0 Å². The van der Waals surface area contributed by atoms with Crippen molar-refractivity contribution in [3.63, 3.8) is 0 Å². The molecule has 2 aromatic rings. The summed E-state index contributed by atoms with van der Waals surface area (Å²) in [5, 5.41) is 12.7. The molecule has 0 aliphatic carbocycles. The van der Waals surface area contributed by atoms with Gasteiger partial charge >= 0.3 is 6.18 Å². The highest BCUT2D eigenvalue weighted by molar-refractivity contribution is 6.32. The molecule has 25 heavy (non-hydrogen) atoms. The van der Waals surface area contributed by atoms with Crippen molar-refractivity contribution in [3.05, 3.63) is 46.6 Å². The molecule has 1 aromatic heterocycles. The van der Waals surface area contributed by atoms with Crippen LogP contribution in [0.5, 0.6) is 11.5 Å². The van der Waals surface area contributed by atoms with Gasteiger partial charge in [0.2, 0.25) is 0 Å². The standard InChI is InChI=1S/C17H18ClF3N2O2/c1-11-8-13(24)9-14(18)16(11)25-7-3-2-6-22-15-5-4-12(10-23-15)17(19,20)21/h4-5,8-10,24H,2-3,6-7H2,1H3,(H,22,23). The van der Waals surface area contributed by atoms with Gasteiger partial charge in [0.1, 0.15) is 17.3 Å². The number of benzene rings is 1. The van der Waals surface area contributed by atoms with Gasteiger partial charge in [-0.2, -0.15) is 13.2 Å². The smallest absolute Gasteiger partial charge is 0.417 e. The third-order valence-corrected chi connectivity index (χ3v) is 3.71. The second-order valence-electron chi connectivity index (χ2n) is 5.49. The fourth-order valence-electron chi connectivity index (χ4n) is 2.18. The average molecular weight is 375 g/mol. The van der Waals surface area contributed by atoms with E-state index in [1.54, 1.807) is 13.0 Å². The highest BCUT2D eigenvalue weighted by atomic mass is 35.5. The summed E-state index contributed by atoms with van der Waals surface area (Å²) >= 11 is 6.01. The molecule has 0 fully saturated rings. The molecular formula is C17H18ClF3N2O2. The van der Waals surface area contributed by atoms with Gasteiger partial charge in [0.05, 0.1) is 17.2 Å². The summed E-state index contributed by atoms with van der Waals surface area (Å²) in [5.74, 6) is 1.02. The van der Waals surface area contributed by atoms with Crippen molar-refractivity contribution in [1.82, 2.24) is 4.98 Å². The van der Waals surface area contributed by atoms with Crippen molar-refractivity contribution in [3.8, 4) is 11.5 Å². The molecule has 0 saturated carbocycles. The second-order valence-corrected chi connectivity index (χ2v) is 5.89. The molecule has 136 valence electrons. The van der Waals surface area contributed by atoms with Gasteiger partial charge in [0.25, 0.3) is 0 Å². The number of unbranched alkanes of at least 4 members (excludes halogenated alkanes) is 1. The second kappa shape index (κ2) is 8.29. The van der Waals surface area contributed by atoms with Crippen LogP contribution < -0.4 is 10.1 Å². The summed E-state index contributed by atoms with van der Waals surface area (Å²) in [5.41, 5.74) is -0.0234. The predicted molar refractivity (Wildman–Crippen MR) is 90.3 cm³/mol. The van der Waals surface area contributed by atoms with Crippen LogP contribution in [0.2, 0.25) is 5.02 Å². The Balaban J connectivity index is 1.70. The van der Waals surface area contributed by atoms with E-state index in [1.165, 1.54) is 12.1 Å². The zero-order valence-corrected chi connectivity index (χ0v) is 14.3. The molecule has 4 nitrogen and oxygen atoms in total. The van der Waals surface area contributed by atoms with E-state index in [0.29, 0.717) is 29.7 Å². The van der Waals surface area contributed by atoms with Crippen molar-refractivity contribution in [2.24, 2.45) is 0 Å². The summed E-state index contributed by atoms with van der Waals surface area (Å²) in [6.07, 6.45) is -2.10. The zero-order chi connectivity index (χ0) is 18.4. The number of anilines is 1. The third-order valence-electron chi connectivity index (χ3n) is 3.43. The lowest BCUT2D eigenvalue weighted by Gasteiger charge is -2.12. The number of aryl methyl sites for hydroxylation is 1. The molecule has 0 unspecified atom stereocenters. The molecule has 0 aliphatic heterocycles. The fraction of sp³-hybridized carbons (Fsp3) is 0.353. The number of nitrogens with one attached hydrogen (secondary N) is 1. The Labute approximate surface area is 148 Å². The number of rotatable bonds is 7. The molecule has 8 heteroatoms. The Morgan fingerprint density at radius 1 is 1.24 bits per heavy atom. The van der Waals surface area contributed by atoms with E-state index in [1.807, 2.05) is 0 Å². The van der Waals surface area contributed by atoms with Gasteiger partial charge in [-0.1, -0.05) is 11.6 Å². The summed E-state index contributed by atoms with van der Waals surface area (Å²) in [7, 11) is 0. The largest absolute Gasteiger partial charge is 0.508 e. The Morgan fingerprint density at radius 2 is 2.00 bits per heavy atom. The van der Waals surface area contributed by atoms with Crippen LogP contribution in [0.1, 0.15) is 24.0 Å². The monoisotopic (exact) mass is 374 g/mol. The van der Waals surface area contributed by atoms with Gasteiger partial charge in [-0.05, 0) is 43.5 Å². The Morgan fingerprint density at radius 3 is 2.60 bits per heavy atom. The molecule has 0 atom stereocenters. The maximum Gasteiger partial charge on any atom is 0.417 e. The average Bonchev–Trinajstić information content (AvgIpc) is 2.52. The minimum Gasteiger partial charge on any atom is -0.508 e. The molecule has 0 bridgehead atoms. The Kier molecular flexibility index (Phi) is 6.36. The maximum atomic E-state index is 12.4. The minimum atomic E-state index is -4.38. The molecular weight excluding hydrogens is 357 g/mol. The Hall–Kier alpha value is -2.15. The third kappa shape index (κ3) is 5.70.